The summed E-state index contributed by atoms with van der Waals surface area (Å²) in [6.45, 7) is 5.21. The van der Waals surface area contributed by atoms with Crippen molar-refractivity contribution in [3.8, 4) is 6.07 Å². The summed E-state index contributed by atoms with van der Waals surface area (Å²) in [5, 5.41) is 15.9. The molecule has 0 saturated carbocycles. The van der Waals surface area contributed by atoms with Gasteiger partial charge in [-0.05, 0) is 39.0 Å². The molecule has 0 fully saturated rings. The van der Waals surface area contributed by atoms with Gasteiger partial charge in [0, 0.05) is 24.4 Å². The van der Waals surface area contributed by atoms with Gasteiger partial charge in [-0.1, -0.05) is 12.1 Å². The van der Waals surface area contributed by atoms with E-state index in [1.54, 1.807) is 35.0 Å². The highest BCUT2D eigenvalue weighted by molar-refractivity contribution is 5.97. The molecule has 1 heterocycles. The van der Waals surface area contributed by atoms with Gasteiger partial charge in [-0.25, -0.2) is 4.79 Å². The average Bonchev–Trinajstić information content (AvgIpc) is 2.85. The quantitative estimate of drug-likeness (QED) is 0.659. The highest BCUT2D eigenvalue weighted by Crippen LogP contribution is 2.15. The third-order valence-electron chi connectivity index (χ3n) is 3.92. The van der Waals surface area contributed by atoms with Crippen molar-refractivity contribution in [1.29, 1.82) is 5.26 Å². The molecule has 1 aromatic heterocycles. The van der Waals surface area contributed by atoms with E-state index in [0.29, 0.717) is 11.3 Å². The predicted octanol–water partition coefficient (Wildman–Crippen LogP) is 2.49. The minimum Gasteiger partial charge on any atom is -0.449 e. The average molecular weight is 352 g/mol. The maximum Gasteiger partial charge on any atom is 0.331 e. The number of nitrogens with zero attached hydrogens (tertiary/aromatic N) is 3. The van der Waals surface area contributed by atoms with Crippen molar-refractivity contribution < 1.29 is 14.3 Å². The number of aryl methyl sites for hydroxylation is 2. The Bertz CT molecular complexity index is 906. The first kappa shape index (κ1) is 18.9. The van der Waals surface area contributed by atoms with Crippen molar-refractivity contribution in [2.24, 2.45) is 7.05 Å². The number of ether oxygens (including phenoxy) is 1. The van der Waals surface area contributed by atoms with Crippen LogP contribution in [-0.4, -0.2) is 27.8 Å². The largest absolute Gasteiger partial charge is 0.449 e. The van der Waals surface area contributed by atoms with Crippen LogP contribution in [-0.2, 0) is 21.4 Å². The van der Waals surface area contributed by atoms with Crippen LogP contribution in [0.2, 0.25) is 0 Å². The van der Waals surface area contributed by atoms with Gasteiger partial charge in [0.15, 0.2) is 6.10 Å². The summed E-state index contributed by atoms with van der Waals surface area (Å²) in [5.74, 6) is -1.15. The molecule has 0 aliphatic carbocycles. The number of para-hydroxylation sites is 1. The maximum atomic E-state index is 12.2. The van der Waals surface area contributed by atoms with E-state index in [1.807, 2.05) is 27.0 Å². The Morgan fingerprint density at radius 3 is 2.65 bits per heavy atom. The zero-order valence-corrected chi connectivity index (χ0v) is 15.1. The van der Waals surface area contributed by atoms with Crippen molar-refractivity contribution in [2.75, 3.05) is 5.32 Å². The monoisotopic (exact) mass is 352 g/mol. The molecule has 2 aromatic rings. The Morgan fingerprint density at radius 1 is 1.35 bits per heavy atom. The fourth-order valence-corrected chi connectivity index (χ4v) is 2.37. The van der Waals surface area contributed by atoms with Gasteiger partial charge in [-0.2, -0.15) is 10.4 Å². The number of aromatic nitrogens is 2. The molecule has 0 aliphatic heterocycles. The van der Waals surface area contributed by atoms with Gasteiger partial charge < -0.3 is 10.1 Å². The van der Waals surface area contributed by atoms with E-state index in [2.05, 4.69) is 10.4 Å². The first-order valence-corrected chi connectivity index (χ1v) is 8.02. The highest BCUT2D eigenvalue weighted by Gasteiger charge is 2.18. The lowest BCUT2D eigenvalue weighted by Crippen LogP contribution is -2.29. The number of hydrogen-bond donors (Lipinski definition) is 1. The van der Waals surface area contributed by atoms with Crippen molar-refractivity contribution in [2.45, 2.75) is 26.9 Å². The van der Waals surface area contributed by atoms with Crippen LogP contribution in [0.3, 0.4) is 0 Å². The summed E-state index contributed by atoms with van der Waals surface area (Å²) in [6.07, 6.45) is 1.88. The molecule has 7 heteroatoms. The molecule has 7 nitrogen and oxygen atoms in total. The third kappa shape index (κ3) is 4.36. The van der Waals surface area contributed by atoms with Crippen molar-refractivity contribution in [3.63, 3.8) is 0 Å². The van der Waals surface area contributed by atoms with Crippen molar-refractivity contribution in [1.82, 2.24) is 9.78 Å². The normalized spacial score (nSPS) is 11.8. The predicted molar refractivity (Wildman–Crippen MR) is 97.1 cm³/mol. The molecule has 26 heavy (non-hydrogen) atoms. The first-order valence-electron chi connectivity index (χ1n) is 8.02. The van der Waals surface area contributed by atoms with Gasteiger partial charge in [0.2, 0.25) is 0 Å². The van der Waals surface area contributed by atoms with Gasteiger partial charge in [0.1, 0.15) is 6.07 Å². The van der Waals surface area contributed by atoms with Gasteiger partial charge in [-0.15, -0.1) is 0 Å². The van der Waals surface area contributed by atoms with E-state index < -0.39 is 18.0 Å². The molecule has 134 valence electrons. The van der Waals surface area contributed by atoms with E-state index in [-0.39, 0.29) is 0 Å². The second-order valence-electron chi connectivity index (χ2n) is 5.77. The molecule has 0 radical (unpaired) electrons. The van der Waals surface area contributed by atoms with Gasteiger partial charge in [-0.3, -0.25) is 9.48 Å². The summed E-state index contributed by atoms with van der Waals surface area (Å²) in [5.41, 5.74) is 3.27. The fourth-order valence-electron chi connectivity index (χ4n) is 2.37. The molecule has 2 rings (SSSR count). The highest BCUT2D eigenvalue weighted by atomic mass is 16.5. The van der Waals surface area contributed by atoms with Gasteiger partial charge in [0.05, 0.1) is 16.9 Å². The number of esters is 1. The molecular weight excluding hydrogens is 332 g/mol. The number of rotatable bonds is 5. The van der Waals surface area contributed by atoms with E-state index in [0.717, 1.165) is 17.0 Å². The lowest BCUT2D eigenvalue weighted by atomic mass is 10.2. The molecule has 0 aliphatic rings. The molecule has 0 unspecified atom stereocenters. The molecule has 1 atom stereocenters. The second kappa shape index (κ2) is 8.12. The topological polar surface area (TPSA) is 97.0 Å². The number of nitriles is 1. The molecule has 0 bridgehead atoms. The Labute approximate surface area is 151 Å². The Balaban J connectivity index is 1.99. The van der Waals surface area contributed by atoms with E-state index in [9.17, 15) is 9.59 Å². The lowest BCUT2D eigenvalue weighted by Gasteiger charge is -2.13. The maximum absolute atomic E-state index is 12.2. The zero-order chi connectivity index (χ0) is 19.3. The summed E-state index contributed by atoms with van der Waals surface area (Å²) in [7, 11) is 1.82. The number of amides is 1. The second-order valence-corrected chi connectivity index (χ2v) is 5.77. The minimum atomic E-state index is -1.00. The fraction of sp³-hybridized carbons (Fsp3) is 0.263. The van der Waals surface area contributed by atoms with E-state index in [1.165, 1.54) is 13.0 Å². The summed E-state index contributed by atoms with van der Waals surface area (Å²) < 4.78 is 6.84. The molecule has 1 amide bonds. The van der Waals surface area contributed by atoms with Crippen LogP contribution in [0.15, 0.2) is 30.3 Å². The Morgan fingerprint density at radius 2 is 2.04 bits per heavy atom. The molecule has 1 N–H and O–H groups in total. The van der Waals surface area contributed by atoms with Crippen LogP contribution >= 0.6 is 0 Å². The van der Waals surface area contributed by atoms with Gasteiger partial charge >= 0.3 is 5.97 Å². The smallest absolute Gasteiger partial charge is 0.331 e. The molecular formula is C19H20N4O3. The van der Waals surface area contributed by atoms with Crippen molar-refractivity contribution >= 4 is 23.6 Å². The number of hydrogen-bond acceptors (Lipinski definition) is 5. The van der Waals surface area contributed by atoms with Crippen LogP contribution in [0.5, 0.6) is 0 Å². The summed E-state index contributed by atoms with van der Waals surface area (Å²) in [4.78, 5) is 24.1. The van der Waals surface area contributed by atoms with Crippen molar-refractivity contribution in [3.05, 3.63) is 52.9 Å². The standard InChI is InChI=1S/C19H20N4O3/c1-12-16(13(2)23(4)22-12)9-10-18(24)26-14(3)19(25)21-17-8-6-5-7-15(17)11-20/h5-10,14H,1-4H3,(H,21,25)/b10-9+/t14-/m1/s1. The van der Waals surface area contributed by atoms with Crippen LogP contribution < -0.4 is 5.32 Å². The SMILES string of the molecule is Cc1nn(C)c(C)c1/C=C/C(=O)O[C@H](C)C(=O)Nc1ccccc1C#N. The van der Waals surface area contributed by atoms with Gasteiger partial charge in [0.25, 0.3) is 5.91 Å². The van der Waals surface area contributed by atoms with E-state index >= 15 is 0 Å². The Kier molecular flexibility index (Phi) is 5.91. The number of nitrogens with one attached hydrogen (secondary N) is 1. The van der Waals surface area contributed by atoms with Crippen LogP contribution in [0.1, 0.15) is 29.4 Å². The molecule has 0 spiro atoms. The number of anilines is 1. The zero-order valence-electron chi connectivity index (χ0n) is 15.1. The van der Waals surface area contributed by atoms with Crippen LogP contribution in [0, 0.1) is 25.2 Å². The lowest BCUT2D eigenvalue weighted by molar-refractivity contribution is -0.148. The van der Waals surface area contributed by atoms with Crippen LogP contribution in [0.25, 0.3) is 6.08 Å². The minimum absolute atomic E-state index is 0.335. The summed E-state index contributed by atoms with van der Waals surface area (Å²) in [6, 6.07) is 8.59. The number of carbonyl (C=O) groups is 2. The van der Waals surface area contributed by atoms with Crippen LogP contribution in [0.4, 0.5) is 5.69 Å². The third-order valence-corrected chi connectivity index (χ3v) is 3.92. The Hall–Kier alpha value is -3.40. The van der Waals surface area contributed by atoms with E-state index in [4.69, 9.17) is 10.00 Å². The molecule has 1 aromatic carbocycles. The number of carbonyl (C=O) groups excluding carboxylic acids is 2. The molecule has 0 saturated heterocycles. The summed E-state index contributed by atoms with van der Waals surface area (Å²) >= 11 is 0. The number of benzene rings is 1. The first-order chi connectivity index (χ1) is 12.3.